The van der Waals surface area contributed by atoms with Gasteiger partial charge in [-0.2, -0.15) is 11.3 Å². The van der Waals surface area contributed by atoms with Crippen molar-refractivity contribution in [1.29, 1.82) is 0 Å². The molecule has 22 heavy (non-hydrogen) atoms. The fraction of sp³-hybridized carbons (Fsp3) is 0.556. The molecule has 0 atom stereocenters. The smallest absolute Gasteiger partial charge is 0.0328 e. The summed E-state index contributed by atoms with van der Waals surface area (Å²) >= 11 is 3.71. The van der Waals surface area contributed by atoms with E-state index in [2.05, 4.69) is 44.1 Å². The Morgan fingerprint density at radius 1 is 0.955 bits per heavy atom. The van der Waals surface area contributed by atoms with Crippen molar-refractivity contribution in [2.24, 2.45) is 5.41 Å². The lowest BCUT2D eigenvalue weighted by atomic mass is 9.78. The molecule has 4 heterocycles. The Balaban J connectivity index is 1.29. The van der Waals surface area contributed by atoms with Gasteiger partial charge in [0.1, 0.15) is 0 Å². The first-order valence-corrected chi connectivity index (χ1v) is 10.1. The third-order valence-electron chi connectivity index (χ3n) is 5.38. The number of piperidine rings is 1. The molecule has 2 nitrogen and oxygen atoms in total. The summed E-state index contributed by atoms with van der Waals surface area (Å²) in [4.78, 5) is 6.85. The number of hydrogen-bond donors (Lipinski definition) is 0. The van der Waals surface area contributed by atoms with Crippen LogP contribution in [0.15, 0.2) is 34.3 Å². The van der Waals surface area contributed by atoms with Gasteiger partial charge in [-0.1, -0.05) is 6.07 Å². The number of rotatable bonds is 4. The fourth-order valence-corrected chi connectivity index (χ4v) is 5.43. The minimum Gasteiger partial charge on any atom is -0.299 e. The van der Waals surface area contributed by atoms with E-state index in [0.717, 1.165) is 13.1 Å². The SMILES string of the molecule is c1csc(CN2CCC3(CCN(Cc4ccsc4)CC3)C2)c1. The zero-order valence-corrected chi connectivity index (χ0v) is 14.7. The highest BCUT2D eigenvalue weighted by Gasteiger charge is 2.40. The molecule has 4 rings (SSSR count). The van der Waals surface area contributed by atoms with Gasteiger partial charge in [0.15, 0.2) is 0 Å². The van der Waals surface area contributed by atoms with Gasteiger partial charge in [-0.05, 0) is 78.1 Å². The Hall–Kier alpha value is -0.680. The van der Waals surface area contributed by atoms with Gasteiger partial charge in [0.05, 0.1) is 0 Å². The van der Waals surface area contributed by atoms with Crippen LogP contribution in [0.25, 0.3) is 0 Å². The first kappa shape index (κ1) is 14.9. The summed E-state index contributed by atoms with van der Waals surface area (Å²) in [5, 5.41) is 6.69. The zero-order valence-electron chi connectivity index (χ0n) is 13.0. The van der Waals surface area contributed by atoms with Gasteiger partial charge in [0.25, 0.3) is 0 Å². The lowest BCUT2D eigenvalue weighted by Crippen LogP contribution is -2.41. The van der Waals surface area contributed by atoms with Crippen molar-refractivity contribution < 1.29 is 0 Å². The van der Waals surface area contributed by atoms with E-state index in [0.29, 0.717) is 5.41 Å². The topological polar surface area (TPSA) is 6.48 Å². The van der Waals surface area contributed by atoms with E-state index in [1.165, 1.54) is 55.9 Å². The molecule has 0 saturated carbocycles. The second-order valence-electron chi connectivity index (χ2n) is 6.95. The largest absolute Gasteiger partial charge is 0.299 e. The summed E-state index contributed by atoms with van der Waals surface area (Å²) in [5.41, 5.74) is 2.11. The molecule has 2 aromatic heterocycles. The second-order valence-corrected chi connectivity index (χ2v) is 8.76. The molecule has 4 heteroatoms. The standard InChI is InChI=1S/C18H24N2S2/c1-2-17(22-10-1)13-20-9-6-18(15-20)4-7-19(8-5-18)12-16-3-11-21-14-16/h1-3,10-11,14H,4-9,12-13,15H2. The Labute approximate surface area is 141 Å². The van der Waals surface area contributed by atoms with Gasteiger partial charge in [-0.3, -0.25) is 9.80 Å². The number of likely N-dealkylation sites (tertiary alicyclic amines) is 2. The van der Waals surface area contributed by atoms with Gasteiger partial charge in [-0.15, -0.1) is 11.3 Å². The molecule has 0 bridgehead atoms. The van der Waals surface area contributed by atoms with Gasteiger partial charge in [0.2, 0.25) is 0 Å². The Morgan fingerprint density at radius 3 is 2.45 bits per heavy atom. The Bertz CT molecular complexity index is 568. The number of thiophene rings is 2. The third-order valence-corrected chi connectivity index (χ3v) is 6.97. The van der Waals surface area contributed by atoms with Crippen molar-refractivity contribution in [3.05, 3.63) is 44.8 Å². The molecule has 2 aliphatic heterocycles. The predicted molar refractivity (Wildman–Crippen MR) is 95.5 cm³/mol. The van der Waals surface area contributed by atoms with Crippen molar-refractivity contribution in [3.8, 4) is 0 Å². The summed E-state index contributed by atoms with van der Waals surface area (Å²) in [6.07, 6.45) is 4.18. The molecule has 0 unspecified atom stereocenters. The van der Waals surface area contributed by atoms with E-state index < -0.39 is 0 Å². The normalized spacial score (nSPS) is 22.5. The van der Waals surface area contributed by atoms with Crippen LogP contribution in [0.4, 0.5) is 0 Å². The van der Waals surface area contributed by atoms with Crippen molar-refractivity contribution in [3.63, 3.8) is 0 Å². The van der Waals surface area contributed by atoms with Crippen LogP contribution in [0.2, 0.25) is 0 Å². The van der Waals surface area contributed by atoms with Crippen LogP contribution >= 0.6 is 22.7 Å². The minimum absolute atomic E-state index is 0.613. The number of hydrogen-bond acceptors (Lipinski definition) is 4. The molecular weight excluding hydrogens is 308 g/mol. The van der Waals surface area contributed by atoms with E-state index in [1.807, 2.05) is 22.7 Å². The van der Waals surface area contributed by atoms with E-state index in [-0.39, 0.29) is 0 Å². The lowest BCUT2D eigenvalue weighted by molar-refractivity contribution is 0.102. The van der Waals surface area contributed by atoms with E-state index in [4.69, 9.17) is 0 Å². The van der Waals surface area contributed by atoms with Gasteiger partial charge in [0, 0.05) is 24.5 Å². The molecule has 2 aliphatic rings. The molecular formula is C18H24N2S2. The van der Waals surface area contributed by atoms with Gasteiger partial charge in [-0.25, -0.2) is 0 Å². The summed E-state index contributed by atoms with van der Waals surface area (Å²) in [6, 6.07) is 6.72. The maximum absolute atomic E-state index is 2.68. The van der Waals surface area contributed by atoms with Gasteiger partial charge >= 0.3 is 0 Å². The second kappa shape index (κ2) is 6.44. The van der Waals surface area contributed by atoms with Gasteiger partial charge < -0.3 is 0 Å². The van der Waals surface area contributed by atoms with Crippen LogP contribution < -0.4 is 0 Å². The maximum atomic E-state index is 2.68. The highest BCUT2D eigenvalue weighted by atomic mass is 32.1. The maximum Gasteiger partial charge on any atom is 0.0328 e. The average Bonchev–Trinajstić information content (AvgIpc) is 3.26. The summed E-state index contributed by atoms with van der Waals surface area (Å²) < 4.78 is 0. The Kier molecular flexibility index (Phi) is 4.36. The zero-order chi connectivity index (χ0) is 14.8. The molecule has 0 radical (unpaired) electrons. The molecule has 0 amide bonds. The first-order chi connectivity index (χ1) is 10.8. The fourth-order valence-electron chi connectivity index (χ4n) is 4.02. The van der Waals surface area contributed by atoms with Crippen LogP contribution in [-0.4, -0.2) is 36.0 Å². The molecule has 2 saturated heterocycles. The molecule has 0 N–H and O–H groups in total. The van der Waals surface area contributed by atoms with Crippen LogP contribution in [-0.2, 0) is 13.1 Å². The van der Waals surface area contributed by atoms with Crippen LogP contribution in [0.5, 0.6) is 0 Å². The van der Waals surface area contributed by atoms with Crippen LogP contribution in [0.1, 0.15) is 29.7 Å². The monoisotopic (exact) mass is 332 g/mol. The predicted octanol–water partition coefficient (Wildman–Crippen LogP) is 4.30. The highest BCUT2D eigenvalue weighted by molar-refractivity contribution is 7.09. The highest BCUT2D eigenvalue weighted by Crippen LogP contribution is 2.41. The summed E-state index contributed by atoms with van der Waals surface area (Å²) in [5.74, 6) is 0. The van der Waals surface area contributed by atoms with Crippen molar-refractivity contribution >= 4 is 22.7 Å². The molecule has 0 aliphatic carbocycles. The molecule has 1 spiro atoms. The Morgan fingerprint density at radius 2 is 1.77 bits per heavy atom. The molecule has 2 aromatic rings. The summed E-state index contributed by atoms with van der Waals surface area (Å²) in [6.45, 7) is 7.49. The molecule has 118 valence electrons. The van der Waals surface area contributed by atoms with Crippen molar-refractivity contribution in [1.82, 2.24) is 9.80 Å². The lowest BCUT2D eigenvalue weighted by Gasteiger charge is -2.39. The number of nitrogens with zero attached hydrogens (tertiary/aromatic N) is 2. The quantitative estimate of drug-likeness (QED) is 0.824. The van der Waals surface area contributed by atoms with E-state index in [1.54, 1.807) is 0 Å². The van der Waals surface area contributed by atoms with E-state index >= 15 is 0 Å². The van der Waals surface area contributed by atoms with Crippen LogP contribution in [0.3, 0.4) is 0 Å². The first-order valence-electron chi connectivity index (χ1n) is 8.30. The van der Waals surface area contributed by atoms with Crippen LogP contribution in [0, 0.1) is 5.41 Å². The minimum atomic E-state index is 0.613. The van der Waals surface area contributed by atoms with E-state index in [9.17, 15) is 0 Å². The van der Waals surface area contributed by atoms with Crippen molar-refractivity contribution in [2.45, 2.75) is 32.4 Å². The van der Waals surface area contributed by atoms with Crippen molar-refractivity contribution in [2.75, 3.05) is 26.2 Å². The average molecular weight is 333 g/mol. The summed E-state index contributed by atoms with van der Waals surface area (Å²) in [7, 11) is 0. The molecule has 0 aromatic carbocycles. The molecule has 2 fully saturated rings. The third kappa shape index (κ3) is 3.30.